The van der Waals surface area contributed by atoms with E-state index in [1.165, 1.54) is 0 Å². The molecule has 0 aromatic rings. The van der Waals surface area contributed by atoms with E-state index >= 15 is 0 Å². The molecule has 0 atom stereocenters. The minimum Gasteiger partial charge on any atom is -0.481 e. The first-order valence-electron chi connectivity index (χ1n) is 1.37. The number of aliphatic hydroxyl groups is 1. The molecule has 0 saturated heterocycles. The number of aliphatic carboxylic acids is 1. The van der Waals surface area contributed by atoms with Crippen LogP contribution in [0, 0.1) is 0 Å². The Morgan fingerprint density at radius 1 is 1.43 bits per heavy atom. The minimum absolute atomic E-state index is 0. The van der Waals surface area contributed by atoms with Crippen LogP contribution in [0.25, 0.3) is 0 Å². The molecule has 44 valence electrons. The Balaban J connectivity index is -0.0000000480. The third-order valence-corrected chi connectivity index (χ3v) is 0. The van der Waals surface area contributed by atoms with Gasteiger partial charge in [0.25, 0.3) is 5.97 Å². The van der Waals surface area contributed by atoms with E-state index in [1.54, 1.807) is 0 Å². The number of carboxylic acid groups (broad SMARTS) is 1. The molecule has 0 aliphatic rings. The summed E-state index contributed by atoms with van der Waals surface area (Å²) in [6.07, 6.45) is 0. The van der Waals surface area contributed by atoms with Crippen molar-refractivity contribution in [3.8, 4) is 0 Å². The Kier molecular flexibility index (Phi) is 37.0. The molecule has 7 heavy (non-hydrogen) atoms. The number of carboxylic acids is 1. The molecule has 0 rings (SSSR count). The Bertz CT molecular complexity index is 33.2. The third-order valence-electron chi connectivity index (χ3n) is 0. The maximum absolute atomic E-state index is 9.00. The van der Waals surface area contributed by atoms with Crippen molar-refractivity contribution in [2.24, 2.45) is 0 Å². The second kappa shape index (κ2) is 16.5. The van der Waals surface area contributed by atoms with Crippen LogP contribution in [-0.4, -0.2) is 23.3 Å². The molecule has 4 heteroatoms. The fourth-order valence-corrected chi connectivity index (χ4v) is 0. The van der Waals surface area contributed by atoms with Crippen LogP contribution < -0.4 is 0 Å². The molecule has 0 radical (unpaired) electrons. The predicted octanol–water partition coefficient (Wildman–Crippen LogP) is -0.303. The quantitative estimate of drug-likeness (QED) is 0.638. The largest absolute Gasteiger partial charge is 0.481 e. The first-order valence-corrected chi connectivity index (χ1v) is 1.37. The van der Waals surface area contributed by atoms with Crippen LogP contribution in [-0.2, 0) is 25.9 Å². The standard InChI is InChI=1S/C2H4O2.CH4O.W/c1-2(3)4;1-2;/h1H3,(H,3,4);2H,1H3;. The van der Waals surface area contributed by atoms with Gasteiger partial charge in [-0.3, -0.25) is 4.79 Å². The second-order valence-electron chi connectivity index (χ2n) is 0.519. The number of rotatable bonds is 0. The van der Waals surface area contributed by atoms with Gasteiger partial charge in [0.15, 0.2) is 0 Å². The molecular formula is C3H8O3W. The summed E-state index contributed by atoms with van der Waals surface area (Å²) >= 11 is 0. The van der Waals surface area contributed by atoms with Crippen LogP contribution in [0.4, 0.5) is 0 Å². The number of aliphatic hydroxyl groups excluding tert-OH is 1. The molecule has 0 heterocycles. The van der Waals surface area contributed by atoms with Crippen molar-refractivity contribution in [2.75, 3.05) is 7.11 Å². The molecule has 0 amide bonds. The maximum Gasteiger partial charge on any atom is 0.300 e. The summed E-state index contributed by atoms with van der Waals surface area (Å²) < 4.78 is 0. The summed E-state index contributed by atoms with van der Waals surface area (Å²) in [5, 5.41) is 14.4. The van der Waals surface area contributed by atoms with E-state index in [9.17, 15) is 0 Å². The molecule has 3 nitrogen and oxygen atoms in total. The van der Waals surface area contributed by atoms with Gasteiger partial charge < -0.3 is 10.2 Å². The number of hydrogen-bond acceptors (Lipinski definition) is 2. The van der Waals surface area contributed by atoms with Gasteiger partial charge in [-0.25, -0.2) is 0 Å². The maximum atomic E-state index is 9.00. The third kappa shape index (κ3) is 7410. The number of carbonyl (C=O) groups is 1. The van der Waals surface area contributed by atoms with Gasteiger partial charge in [-0.2, -0.15) is 0 Å². The topological polar surface area (TPSA) is 57.5 Å². The Morgan fingerprint density at radius 3 is 1.43 bits per heavy atom. The summed E-state index contributed by atoms with van der Waals surface area (Å²) in [5.74, 6) is -0.833. The average Bonchev–Trinajstić information content (AvgIpc) is 1.41. The molecule has 0 aromatic carbocycles. The molecule has 0 unspecified atom stereocenters. The zero-order valence-electron chi connectivity index (χ0n) is 4.21. The van der Waals surface area contributed by atoms with E-state index in [1.807, 2.05) is 0 Å². The zero-order chi connectivity index (χ0) is 5.58. The van der Waals surface area contributed by atoms with Crippen LogP contribution in [0.15, 0.2) is 0 Å². The summed E-state index contributed by atoms with van der Waals surface area (Å²) in [6, 6.07) is 0. The molecule has 0 saturated carbocycles. The molecule has 0 spiro atoms. The van der Waals surface area contributed by atoms with Gasteiger partial charge in [-0.1, -0.05) is 0 Å². The molecule has 0 aromatic heterocycles. The summed E-state index contributed by atoms with van der Waals surface area (Å²) in [7, 11) is 1.00. The van der Waals surface area contributed by atoms with Crippen LogP contribution >= 0.6 is 0 Å². The SMILES string of the molecule is CC(=O)O.CO.[W]. The second-order valence-corrected chi connectivity index (χ2v) is 0.519. The normalized spacial score (nSPS) is 4.43. The zero-order valence-corrected chi connectivity index (χ0v) is 7.14. The van der Waals surface area contributed by atoms with Gasteiger partial charge in [0.2, 0.25) is 0 Å². The van der Waals surface area contributed by atoms with Crippen molar-refractivity contribution in [3.63, 3.8) is 0 Å². The van der Waals surface area contributed by atoms with Crippen molar-refractivity contribution >= 4 is 5.97 Å². The molecule has 0 fully saturated rings. The van der Waals surface area contributed by atoms with Crippen molar-refractivity contribution in [2.45, 2.75) is 6.92 Å². The van der Waals surface area contributed by atoms with Crippen molar-refractivity contribution in [1.29, 1.82) is 0 Å². The van der Waals surface area contributed by atoms with E-state index in [0.717, 1.165) is 14.0 Å². The van der Waals surface area contributed by atoms with Gasteiger partial charge in [0.1, 0.15) is 0 Å². The summed E-state index contributed by atoms with van der Waals surface area (Å²) in [6.45, 7) is 1.08. The van der Waals surface area contributed by atoms with Crippen LogP contribution in [0.5, 0.6) is 0 Å². The van der Waals surface area contributed by atoms with Gasteiger partial charge in [-0.15, -0.1) is 0 Å². The van der Waals surface area contributed by atoms with Gasteiger partial charge in [0.05, 0.1) is 0 Å². The minimum atomic E-state index is -0.833. The Labute approximate surface area is 56.6 Å². The fourth-order valence-electron chi connectivity index (χ4n) is 0. The van der Waals surface area contributed by atoms with Crippen molar-refractivity contribution in [3.05, 3.63) is 0 Å². The predicted molar refractivity (Wildman–Crippen MR) is 21.5 cm³/mol. The summed E-state index contributed by atoms with van der Waals surface area (Å²) in [4.78, 5) is 9.00. The van der Waals surface area contributed by atoms with Crippen molar-refractivity contribution < 1.29 is 36.1 Å². The van der Waals surface area contributed by atoms with Crippen molar-refractivity contribution in [1.82, 2.24) is 0 Å². The van der Waals surface area contributed by atoms with E-state index in [0.29, 0.717) is 0 Å². The molecular weight excluding hydrogens is 268 g/mol. The Hall–Kier alpha value is 0.118. The number of hydrogen-bond donors (Lipinski definition) is 2. The van der Waals surface area contributed by atoms with E-state index in [-0.39, 0.29) is 21.1 Å². The Morgan fingerprint density at radius 2 is 1.43 bits per heavy atom. The van der Waals surface area contributed by atoms with E-state index < -0.39 is 5.97 Å². The van der Waals surface area contributed by atoms with Crippen LogP contribution in [0.1, 0.15) is 6.92 Å². The van der Waals surface area contributed by atoms with Crippen LogP contribution in [0.2, 0.25) is 0 Å². The monoisotopic (exact) mass is 276 g/mol. The van der Waals surface area contributed by atoms with Gasteiger partial charge in [0, 0.05) is 35.1 Å². The van der Waals surface area contributed by atoms with E-state index in [4.69, 9.17) is 15.0 Å². The first kappa shape index (κ1) is 15.7. The first-order chi connectivity index (χ1) is 2.73. The van der Waals surface area contributed by atoms with Crippen LogP contribution in [0.3, 0.4) is 0 Å². The van der Waals surface area contributed by atoms with E-state index in [2.05, 4.69) is 0 Å². The van der Waals surface area contributed by atoms with Gasteiger partial charge in [-0.05, 0) is 0 Å². The molecule has 0 bridgehead atoms. The fraction of sp³-hybridized carbons (Fsp3) is 0.667. The summed E-state index contributed by atoms with van der Waals surface area (Å²) in [5.41, 5.74) is 0. The van der Waals surface area contributed by atoms with Gasteiger partial charge >= 0.3 is 0 Å². The average molecular weight is 276 g/mol. The smallest absolute Gasteiger partial charge is 0.300 e. The molecule has 2 N–H and O–H groups in total. The molecule has 0 aliphatic carbocycles. The molecule has 0 aliphatic heterocycles.